The predicted octanol–water partition coefficient (Wildman–Crippen LogP) is 5.41. The fraction of sp³-hybridized carbons (Fsp3) is 0.333. The summed E-state index contributed by atoms with van der Waals surface area (Å²) in [7, 11) is 0. The Morgan fingerprint density at radius 3 is 1.50 bits per heavy atom. The molecule has 0 saturated carbocycles. The van der Waals surface area contributed by atoms with Gasteiger partial charge in [-0.2, -0.15) is 0 Å². The van der Waals surface area contributed by atoms with Crippen LogP contribution in [-0.4, -0.2) is 9.65 Å². The zero-order chi connectivity index (χ0) is 11.4. The number of rotatable bonds is 0. The van der Waals surface area contributed by atoms with E-state index in [1.165, 1.54) is 20.1 Å². The Hall–Kier alpha value is 0.880. The van der Waals surface area contributed by atoms with Gasteiger partial charge in [-0.25, -0.2) is 0 Å². The average Bonchev–Trinajstić information content (AvgIpc) is 2.28. The highest BCUT2D eigenvalue weighted by molar-refractivity contribution is 9.14. The first kappa shape index (κ1) is 11.9. The molecule has 4 rings (SSSR count). The maximum absolute atomic E-state index is 3.82. The smallest absolute Gasteiger partial charge is 0.0395 e. The van der Waals surface area contributed by atoms with Gasteiger partial charge >= 0.3 is 0 Å². The second-order valence-corrected chi connectivity index (χ2v) is 7.99. The second-order valence-electron chi connectivity index (χ2n) is 4.17. The van der Waals surface area contributed by atoms with E-state index in [4.69, 9.17) is 0 Å². The summed E-state index contributed by atoms with van der Waals surface area (Å²) in [6, 6.07) is 8.72. The number of alkyl halides is 2. The van der Waals surface area contributed by atoms with E-state index in [1.54, 1.807) is 0 Å². The van der Waals surface area contributed by atoms with Gasteiger partial charge < -0.3 is 0 Å². The van der Waals surface area contributed by atoms with Gasteiger partial charge in [-0.3, -0.25) is 0 Å². The molecule has 3 aliphatic carbocycles. The molecule has 0 unspecified atom stereocenters. The van der Waals surface area contributed by atoms with Crippen molar-refractivity contribution in [2.75, 3.05) is 0 Å². The summed E-state index contributed by atoms with van der Waals surface area (Å²) in [4.78, 5) is 0.895. The highest BCUT2D eigenvalue weighted by Crippen LogP contribution is 2.59. The van der Waals surface area contributed by atoms with Crippen LogP contribution >= 0.6 is 63.7 Å². The minimum Gasteiger partial charge on any atom is -0.0868 e. The van der Waals surface area contributed by atoms with E-state index in [2.05, 4.69) is 88.0 Å². The van der Waals surface area contributed by atoms with Gasteiger partial charge in [0, 0.05) is 30.5 Å². The highest BCUT2D eigenvalue weighted by Gasteiger charge is 2.48. The summed E-state index contributed by atoms with van der Waals surface area (Å²) in [6.45, 7) is 0. The van der Waals surface area contributed by atoms with Crippen LogP contribution in [0.25, 0.3) is 0 Å². The first-order valence-corrected chi connectivity index (χ1v) is 8.46. The van der Waals surface area contributed by atoms with Crippen molar-refractivity contribution in [1.29, 1.82) is 0 Å². The Morgan fingerprint density at radius 1 is 0.750 bits per heavy atom. The number of benzene rings is 1. The van der Waals surface area contributed by atoms with Crippen molar-refractivity contribution in [3.63, 3.8) is 0 Å². The molecule has 1 aromatic carbocycles. The zero-order valence-electron chi connectivity index (χ0n) is 8.13. The van der Waals surface area contributed by atoms with Gasteiger partial charge in [0.15, 0.2) is 0 Å². The van der Waals surface area contributed by atoms with Gasteiger partial charge in [-0.1, -0.05) is 88.0 Å². The third-order valence-corrected chi connectivity index (χ3v) is 8.66. The number of hydrogen-bond acceptors (Lipinski definition) is 0. The minimum absolute atomic E-state index is 0.417. The summed E-state index contributed by atoms with van der Waals surface area (Å²) in [5.74, 6) is 0.833. The van der Waals surface area contributed by atoms with E-state index in [0.717, 1.165) is 0 Å². The molecule has 0 N–H and O–H groups in total. The van der Waals surface area contributed by atoms with Crippen LogP contribution in [0.15, 0.2) is 33.2 Å². The molecule has 0 amide bonds. The third kappa shape index (κ3) is 1.49. The standard InChI is InChI=1S/C12H8Br4/c13-9-7-5-3-1-2-4-6(5)8(11(9)15)12(16)10(7)14/h1-4,7-9,11H/t7-,8+,9-,11-/m1/s1. The summed E-state index contributed by atoms with van der Waals surface area (Å²) in [6.07, 6.45) is 0. The molecule has 0 aliphatic heterocycles. The van der Waals surface area contributed by atoms with Crippen LogP contribution < -0.4 is 0 Å². The van der Waals surface area contributed by atoms with Crippen LogP contribution in [0.2, 0.25) is 0 Å². The van der Waals surface area contributed by atoms with E-state index >= 15 is 0 Å². The second kappa shape index (κ2) is 4.22. The van der Waals surface area contributed by atoms with E-state index in [9.17, 15) is 0 Å². The Bertz CT molecular complexity index is 437. The van der Waals surface area contributed by atoms with E-state index in [1.807, 2.05) is 0 Å². The maximum atomic E-state index is 3.82. The normalized spacial score (nSPS) is 36.5. The molecule has 4 heteroatoms. The molecule has 1 aromatic rings. The van der Waals surface area contributed by atoms with Crippen molar-refractivity contribution >= 4 is 63.7 Å². The molecule has 0 radical (unpaired) electrons. The largest absolute Gasteiger partial charge is 0.0868 e. The fourth-order valence-corrected chi connectivity index (χ4v) is 6.61. The molecular formula is C12H8Br4. The maximum Gasteiger partial charge on any atom is 0.0395 e. The SMILES string of the molecule is BrC1=C(Br)[C@H]2c3ccccc3[C@@H]1[C@@H](Br)[C@@H]2Br. The molecule has 0 spiro atoms. The number of hydrogen-bond donors (Lipinski definition) is 0. The lowest BCUT2D eigenvalue weighted by molar-refractivity contribution is 0.587. The highest BCUT2D eigenvalue weighted by atomic mass is 79.9. The summed E-state index contributed by atoms with van der Waals surface area (Å²) in [5, 5.41) is 0. The van der Waals surface area contributed by atoms with Crippen molar-refractivity contribution in [1.82, 2.24) is 0 Å². The zero-order valence-corrected chi connectivity index (χ0v) is 14.5. The van der Waals surface area contributed by atoms with Crippen LogP contribution in [0.5, 0.6) is 0 Å². The quantitative estimate of drug-likeness (QED) is 0.444. The van der Waals surface area contributed by atoms with Crippen LogP contribution in [0.3, 0.4) is 0 Å². The van der Waals surface area contributed by atoms with Gasteiger partial charge in [-0.15, -0.1) is 0 Å². The first-order valence-electron chi connectivity index (χ1n) is 5.05. The third-order valence-electron chi connectivity index (χ3n) is 3.38. The topological polar surface area (TPSA) is 0 Å². The van der Waals surface area contributed by atoms with Crippen LogP contribution in [0.4, 0.5) is 0 Å². The first-order chi connectivity index (χ1) is 7.63. The average molecular weight is 472 g/mol. The predicted molar refractivity (Wildman–Crippen MR) is 82.2 cm³/mol. The number of halogens is 4. The van der Waals surface area contributed by atoms with Crippen molar-refractivity contribution in [3.05, 3.63) is 44.4 Å². The summed E-state index contributed by atoms with van der Waals surface area (Å²) in [5.41, 5.74) is 2.89. The Morgan fingerprint density at radius 2 is 1.12 bits per heavy atom. The fourth-order valence-electron chi connectivity index (χ4n) is 2.64. The molecule has 0 heterocycles. The van der Waals surface area contributed by atoms with Crippen molar-refractivity contribution in [3.8, 4) is 0 Å². The molecule has 0 saturated heterocycles. The summed E-state index contributed by atoms with van der Waals surface area (Å²) >= 11 is 15.1. The number of allylic oxidation sites excluding steroid dienone is 2. The van der Waals surface area contributed by atoms with E-state index < -0.39 is 0 Å². The van der Waals surface area contributed by atoms with Gasteiger partial charge in [0.05, 0.1) is 0 Å². The van der Waals surface area contributed by atoms with Crippen LogP contribution in [0.1, 0.15) is 23.0 Å². The van der Waals surface area contributed by atoms with Crippen LogP contribution in [0, 0.1) is 0 Å². The summed E-state index contributed by atoms with van der Waals surface area (Å²) < 4.78 is 2.57. The number of fused-ring (bicyclic) bond motifs is 1. The van der Waals surface area contributed by atoms with Gasteiger partial charge in [0.25, 0.3) is 0 Å². The molecule has 0 nitrogen and oxygen atoms in total. The Labute approximate surface area is 128 Å². The Balaban J connectivity index is 2.28. The molecule has 84 valence electrons. The molecule has 4 atom stereocenters. The van der Waals surface area contributed by atoms with Gasteiger partial charge in [0.2, 0.25) is 0 Å². The van der Waals surface area contributed by atoms with Crippen molar-refractivity contribution in [2.24, 2.45) is 0 Å². The lowest BCUT2D eigenvalue weighted by atomic mass is 9.71. The molecule has 16 heavy (non-hydrogen) atoms. The monoisotopic (exact) mass is 468 g/mol. The van der Waals surface area contributed by atoms with Gasteiger partial charge in [0.1, 0.15) is 0 Å². The lowest BCUT2D eigenvalue weighted by Gasteiger charge is -2.45. The molecule has 0 fully saturated rings. The van der Waals surface area contributed by atoms with Crippen molar-refractivity contribution < 1.29 is 0 Å². The van der Waals surface area contributed by atoms with Crippen molar-refractivity contribution in [2.45, 2.75) is 21.5 Å². The van der Waals surface area contributed by atoms with E-state index in [-0.39, 0.29) is 0 Å². The molecule has 0 aromatic heterocycles. The van der Waals surface area contributed by atoms with Gasteiger partial charge in [-0.05, 0) is 11.1 Å². The van der Waals surface area contributed by atoms with E-state index in [0.29, 0.717) is 21.5 Å². The molecular weight excluding hydrogens is 464 g/mol. The Kier molecular flexibility index (Phi) is 3.15. The molecule has 3 aliphatic rings. The lowest BCUT2D eigenvalue weighted by Crippen LogP contribution is -2.39. The van der Waals surface area contributed by atoms with Crippen LogP contribution in [-0.2, 0) is 0 Å². The minimum atomic E-state index is 0.417. The molecule has 2 bridgehead atoms.